The lowest BCUT2D eigenvalue weighted by Crippen LogP contribution is -2.36. The van der Waals surface area contributed by atoms with Crippen LogP contribution in [0, 0.1) is 5.82 Å². The first-order valence-electron chi connectivity index (χ1n) is 7.99. The lowest BCUT2D eigenvalue weighted by atomic mass is 10.1. The van der Waals surface area contributed by atoms with Crippen molar-refractivity contribution in [2.45, 2.75) is 13.1 Å². The van der Waals surface area contributed by atoms with Crippen molar-refractivity contribution in [3.8, 4) is 0 Å². The number of guanidine groups is 1. The first kappa shape index (κ1) is 21.9. The number of aliphatic imine (C=N–C) groups is 1. The number of carbonyl (C=O) groups is 1. The number of halogens is 2. The molecule has 0 aliphatic heterocycles. The predicted octanol–water partition coefficient (Wildman–Crippen LogP) is 3.01. The SMILES string of the molecule is CN=C(NCc1ccc(C(=O)N(C)C)cc1)NCc1ccccc1F.I. The average molecular weight is 470 g/mol. The van der Waals surface area contributed by atoms with Crippen LogP contribution in [-0.2, 0) is 13.1 Å². The van der Waals surface area contributed by atoms with E-state index < -0.39 is 0 Å². The van der Waals surface area contributed by atoms with Crippen molar-refractivity contribution in [1.29, 1.82) is 0 Å². The normalized spacial score (nSPS) is 10.7. The Morgan fingerprint density at radius 3 is 2.23 bits per heavy atom. The van der Waals surface area contributed by atoms with Crippen molar-refractivity contribution in [1.82, 2.24) is 15.5 Å². The topological polar surface area (TPSA) is 56.7 Å². The van der Waals surface area contributed by atoms with E-state index in [1.165, 1.54) is 6.07 Å². The molecule has 0 aromatic heterocycles. The Labute approximate surface area is 170 Å². The maximum Gasteiger partial charge on any atom is 0.253 e. The quantitative estimate of drug-likeness (QED) is 0.402. The van der Waals surface area contributed by atoms with Crippen molar-refractivity contribution in [3.63, 3.8) is 0 Å². The van der Waals surface area contributed by atoms with Gasteiger partial charge in [0.05, 0.1) is 0 Å². The number of hydrogen-bond donors (Lipinski definition) is 2. The standard InChI is InChI=1S/C19H23FN4O.HI/c1-21-19(23-13-16-6-4-5-7-17(16)20)22-12-14-8-10-15(11-9-14)18(25)24(2)3;/h4-11H,12-13H2,1-3H3,(H2,21,22,23);1H. The Balaban J connectivity index is 0.00000338. The summed E-state index contributed by atoms with van der Waals surface area (Å²) in [6, 6.07) is 14.0. The molecule has 0 unspecified atom stereocenters. The van der Waals surface area contributed by atoms with E-state index in [1.54, 1.807) is 56.4 Å². The van der Waals surface area contributed by atoms with E-state index in [-0.39, 0.29) is 35.7 Å². The molecule has 0 spiro atoms. The second kappa shape index (κ2) is 10.7. The third-order valence-corrected chi connectivity index (χ3v) is 3.69. The van der Waals surface area contributed by atoms with Gasteiger partial charge in [0.15, 0.2) is 5.96 Å². The Morgan fingerprint density at radius 2 is 1.65 bits per heavy atom. The molecule has 0 fully saturated rings. The molecule has 2 aromatic rings. The third-order valence-electron chi connectivity index (χ3n) is 3.69. The van der Waals surface area contributed by atoms with Crippen LogP contribution in [-0.4, -0.2) is 37.9 Å². The lowest BCUT2D eigenvalue weighted by Gasteiger charge is -2.13. The molecular formula is C19H24FIN4O. The van der Waals surface area contributed by atoms with E-state index in [1.807, 2.05) is 12.1 Å². The zero-order valence-electron chi connectivity index (χ0n) is 15.1. The van der Waals surface area contributed by atoms with Gasteiger partial charge in [0.1, 0.15) is 5.82 Å². The second-order valence-electron chi connectivity index (χ2n) is 5.77. The Morgan fingerprint density at radius 1 is 1.04 bits per heavy atom. The molecule has 2 rings (SSSR count). The van der Waals surface area contributed by atoms with Crippen LogP contribution in [0.4, 0.5) is 4.39 Å². The van der Waals surface area contributed by atoms with E-state index in [0.717, 1.165) is 5.56 Å². The number of carbonyl (C=O) groups excluding carboxylic acids is 1. The minimum atomic E-state index is -0.244. The van der Waals surface area contributed by atoms with E-state index >= 15 is 0 Å². The van der Waals surface area contributed by atoms with Crippen molar-refractivity contribution < 1.29 is 9.18 Å². The Hall–Kier alpha value is -2.16. The number of hydrogen-bond acceptors (Lipinski definition) is 2. The average Bonchev–Trinajstić information content (AvgIpc) is 2.63. The molecule has 0 saturated heterocycles. The third kappa shape index (κ3) is 6.29. The van der Waals surface area contributed by atoms with Crippen molar-refractivity contribution in [2.75, 3.05) is 21.1 Å². The predicted molar refractivity (Wildman–Crippen MR) is 113 cm³/mol. The number of rotatable bonds is 5. The van der Waals surface area contributed by atoms with E-state index in [4.69, 9.17) is 0 Å². The van der Waals surface area contributed by atoms with Crippen LogP contribution >= 0.6 is 24.0 Å². The maximum atomic E-state index is 13.6. The monoisotopic (exact) mass is 470 g/mol. The first-order valence-corrected chi connectivity index (χ1v) is 7.99. The highest BCUT2D eigenvalue weighted by Crippen LogP contribution is 2.07. The maximum absolute atomic E-state index is 13.6. The fourth-order valence-electron chi connectivity index (χ4n) is 2.25. The molecule has 0 atom stereocenters. The van der Waals surface area contributed by atoms with Crippen LogP contribution in [0.1, 0.15) is 21.5 Å². The van der Waals surface area contributed by atoms with Gasteiger partial charge in [-0.05, 0) is 23.8 Å². The summed E-state index contributed by atoms with van der Waals surface area (Å²) in [5.74, 6) is 0.310. The molecule has 0 aliphatic rings. The van der Waals surface area contributed by atoms with E-state index in [9.17, 15) is 9.18 Å². The zero-order valence-corrected chi connectivity index (χ0v) is 17.5. The fourth-order valence-corrected chi connectivity index (χ4v) is 2.25. The van der Waals surface area contributed by atoms with Crippen LogP contribution in [0.5, 0.6) is 0 Å². The summed E-state index contributed by atoms with van der Waals surface area (Å²) < 4.78 is 13.6. The molecule has 140 valence electrons. The van der Waals surface area contributed by atoms with Gasteiger partial charge in [-0.1, -0.05) is 30.3 Å². The highest BCUT2D eigenvalue weighted by molar-refractivity contribution is 14.0. The molecule has 0 radical (unpaired) electrons. The summed E-state index contributed by atoms with van der Waals surface area (Å²) in [5, 5.41) is 6.25. The van der Waals surface area contributed by atoms with Crippen LogP contribution in [0.15, 0.2) is 53.5 Å². The van der Waals surface area contributed by atoms with Gasteiger partial charge in [-0.2, -0.15) is 0 Å². The van der Waals surface area contributed by atoms with Gasteiger partial charge >= 0.3 is 0 Å². The van der Waals surface area contributed by atoms with Gasteiger partial charge in [0.2, 0.25) is 0 Å². The van der Waals surface area contributed by atoms with Crippen LogP contribution < -0.4 is 10.6 Å². The molecule has 5 nitrogen and oxygen atoms in total. The summed E-state index contributed by atoms with van der Waals surface area (Å²) in [7, 11) is 5.11. The van der Waals surface area contributed by atoms with Crippen molar-refractivity contribution >= 4 is 35.8 Å². The number of benzene rings is 2. The lowest BCUT2D eigenvalue weighted by molar-refractivity contribution is 0.0827. The Bertz CT molecular complexity index is 747. The first-order chi connectivity index (χ1) is 12.0. The van der Waals surface area contributed by atoms with Gasteiger partial charge in [-0.15, -0.1) is 24.0 Å². The summed E-state index contributed by atoms with van der Waals surface area (Å²) in [6.45, 7) is 0.899. The van der Waals surface area contributed by atoms with Crippen molar-refractivity contribution in [3.05, 3.63) is 71.0 Å². The van der Waals surface area contributed by atoms with Gasteiger partial charge in [0, 0.05) is 45.4 Å². The summed E-state index contributed by atoms with van der Waals surface area (Å²) in [4.78, 5) is 17.5. The summed E-state index contributed by atoms with van der Waals surface area (Å²) >= 11 is 0. The van der Waals surface area contributed by atoms with Crippen LogP contribution in [0.3, 0.4) is 0 Å². The highest BCUT2D eigenvalue weighted by atomic mass is 127. The van der Waals surface area contributed by atoms with Gasteiger partial charge in [-0.3, -0.25) is 9.79 Å². The Kier molecular flexibility index (Phi) is 9.04. The van der Waals surface area contributed by atoms with E-state index in [0.29, 0.717) is 30.2 Å². The molecule has 0 bridgehead atoms. The second-order valence-corrected chi connectivity index (χ2v) is 5.77. The fraction of sp³-hybridized carbons (Fsp3) is 0.263. The van der Waals surface area contributed by atoms with Gasteiger partial charge < -0.3 is 15.5 Å². The number of nitrogens with one attached hydrogen (secondary N) is 2. The number of amides is 1. The molecule has 0 heterocycles. The number of nitrogens with zero attached hydrogens (tertiary/aromatic N) is 2. The minimum absolute atomic E-state index is 0. The molecule has 2 N–H and O–H groups in total. The highest BCUT2D eigenvalue weighted by Gasteiger charge is 2.07. The minimum Gasteiger partial charge on any atom is -0.352 e. The molecule has 1 amide bonds. The van der Waals surface area contributed by atoms with Crippen LogP contribution in [0.2, 0.25) is 0 Å². The van der Waals surface area contributed by atoms with Crippen LogP contribution in [0.25, 0.3) is 0 Å². The zero-order chi connectivity index (χ0) is 18.2. The van der Waals surface area contributed by atoms with Crippen molar-refractivity contribution in [2.24, 2.45) is 4.99 Å². The summed E-state index contributed by atoms with van der Waals surface area (Å²) in [6.07, 6.45) is 0. The molecule has 26 heavy (non-hydrogen) atoms. The van der Waals surface area contributed by atoms with E-state index in [2.05, 4.69) is 15.6 Å². The molecular weight excluding hydrogens is 446 g/mol. The molecule has 2 aromatic carbocycles. The largest absolute Gasteiger partial charge is 0.352 e. The van der Waals surface area contributed by atoms with Gasteiger partial charge in [0.25, 0.3) is 5.91 Å². The molecule has 0 aliphatic carbocycles. The summed E-state index contributed by atoms with van der Waals surface area (Å²) in [5.41, 5.74) is 2.25. The van der Waals surface area contributed by atoms with Gasteiger partial charge in [-0.25, -0.2) is 4.39 Å². The molecule has 7 heteroatoms. The molecule has 0 saturated carbocycles. The smallest absolute Gasteiger partial charge is 0.253 e.